The van der Waals surface area contributed by atoms with Gasteiger partial charge in [0, 0.05) is 7.05 Å². The first-order valence-corrected chi connectivity index (χ1v) is 5.30. The van der Waals surface area contributed by atoms with E-state index in [2.05, 4.69) is 4.98 Å². The highest BCUT2D eigenvalue weighted by Crippen LogP contribution is 2.28. The maximum absolute atomic E-state index is 11.0. The SMILES string of the molecule is Cc1ccc2sc(N(C)C(N)=O)nc2c1. The summed E-state index contributed by atoms with van der Waals surface area (Å²) in [4.78, 5) is 16.6. The average molecular weight is 221 g/mol. The monoisotopic (exact) mass is 221 g/mol. The predicted molar refractivity (Wildman–Crippen MR) is 62.3 cm³/mol. The van der Waals surface area contributed by atoms with E-state index in [9.17, 15) is 4.79 Å². The molecule has 0 saturated heterocycles. The third-order valence-corrected chi connectivity index (χ3v) is 3.26. The Morgan fingerprint density at radius 1 is 1.53 bits per heavy atom. The Hall–Kier alpha value is -1.62. The number of rotatable bonds is 1. The third kappa shape index (κ3) is 1.78. The molecule has 78 valence electrons. The van der Waals surface area contributed by atoms with Crippen molar-refractivity contribution >= 4 is 32.7 Å². The van der Waals surface area contributed by atoms with E-state index < -0.39 is 6.03 Å². The predicted octanol–water partition coefficient (Wildman–Crippen LogP) is 2.12. The quantitative estimate of drug-likeness (QED) is 0.801. The smallest absolute Gasteiger partial charge is 0.320 e. The molecule has 2 amide bonds. The molecule has 5 heteroatoms. The van der Waals surface area contributed by atoms with Crippen LogP contribution in [0, 0.1) is 6.92 Å². The van der Waals surface area contributed by atoms with Crippen LogP contribution >= 0.6 is 11.3 Å². The van der Waals surface area contributed by atoms with Crippen molar-refractivity contribution in [3.8, 4) is 0 Å². The molecule has 0 aliphatic rings. The minimum atomic E-state index is -0.495. The molecular formula is C10H11N3OS. The first-order valence-electron chi connectivity index (χ1n) is 4.48. The molecule has 0 radical (unpaired) electrons. The van der Waals surface area contributed by atoms with Crippen LogP contribution in [-0.2, 0) is 0 Å². The van der Waals surface area contributed by atoms with Crippen LogP contribution in [0.25, 0.3) is 10.2 Å². The molecule has 0 unspecified atom stereocenters. The zero-order chi connectivity index (χ0) is 11.0. The van der Waals surface area contributed by atoms with Gasteiger partial charge in [0.25, 0.3) is 0 Å². The van der Waals surface area contributed by atoms with E-state index in [-0.39, 0.29) is 0 Å². The minimum Gasteiger partial charge on any atom is -0.351 e. The van der Waals surface area contributed by atoms with Gasteiger partial charge in [-0.2, -0.15) is 0 Å². The molecule has 0 bridgehead atoms. The van der Waals surface area contributed by atoms with Gasteiger partial charge in [0.15, 0.2) is 5.13 Å². The van der Waals surface area contributed by atoms with Crippen LogP contribution in [0.2, 0.25) is 0 Å². The topological polar surface area (TPSA) is 59.2 Å². The molecule has 1 heterocycles. The number of carbonyl (C=O) groups excluding carboxylic acids is 1. The zero-order valence-corrected chi connectivity index (χ0v) is 9.34. The number of primary amides is 1. The summed E-state index contributed by atoms with van der Waals surface area (Å²) in [6, 6.07) is 5.52. The van der Waals surface area contributed by atoms with E-state index >= 15 is 0 Å². The molecule has 0 saturated carbocycles. The number of thiazole rings is 1. The van der Waals surface area contributed by atoms with Crippen molar-refractivity contribution in [1.29, 1.82) is 0 Å². The maximum Gasteiger partial charge on any atom is 0.320 e. The van der Waals surface area contributed by atoms with Crippen molar-refractivity contribution in [2.24, 2.45) is 5.73 Å². The van der Waals surface area contributed by atoms with Crippen LogP contribution < -0.4 is 10.6 Å². The van der Waals surface area contributed by atoms with Crippen molar-refractivity contribution in [3.63, 3.8) is 0 Å². The Kier molecular flexibility index (Phi) is 2.32. The second-order valence-electron chi connectivity index (χ2n) is 3.36. The fourth-order valence-electron chi connectivity index (χ4n) is 1.26. The molecule has 2 N–H and O–H groups in total. The summed E-state index contributed by atoms with van der Waals surface area (Å²) in [5.74, 6) is 0. The Morgan fingerprint density at radius 3 is 2.93 bits per heavy atom. The highest BCUT2D eigenvalue weighted by Gasteiger charge is 2.11. The second kappa shape index (κ2) is 3.51. The lowest BCUT2D eigenvalue weighted by Gasteiger charge is -2.08. The summed E-state index contributed by atoms with van der Waals surface area (Å²) in [6.45, 7) is 2.01. The fraction of sp³-hybridized carbons (Fsp3) is 0.200. The molecule has 0 aliphatic carbocycles. The Balaban J connectivity index is 2.51. The summed E-state index contributed by atoms with van der Waals surface area (Å²) in [7, 11) is 1.62. The van der Waals surface area contributed by atoms with Gasteiger partial charge >= 0.3 is 6.03 Å². The van der Waals surface area contributed by atoms with Crippen molar-refractivity contribution in [2.75, 3.05) is 11.9 Å². The average Bonchev–Trinajstić information content (AvgIpc) is 2.58. The van der Waals surface area contributed by atoms with Gasteiger partial charge in [-0.1, -0.05) is 17.4 Å². The van der Waals surface area contributed by atoms with E-state index in [0.717, 1.165) is 15.8 Å². The molecule has 2 aromatic rings. The number of aromatic nitrogens is 1. The Bertz CT molecular complexity index is 520. The number of carbonyl (C=O) groups is 1. The molecule has 1 aromatic heterocycles. The lowest BCUT2D eigenvalue weighted by atomic mass is 10.2. The van der Waals surface area contributed by atoms with Crippen LogP contribution in [0.5, 0.6) is 0 Å². The molecule has 4 nitrogen and oxygen atoms in total. The van der Waals surface area contributed by atoms with Crippen LogP contribution in [0.3, 0.4) is 0 Å². The summed E-state index contributed by atoms with van der Waals surface area (Å²) < 4.78 is 1.06. The van der Waals surface area contributed by atoms with Crippen molar-refractivity contribution in [1.82, 2.24) is 4.98 Å². The standard InChI is InChI=1S/C10H11N3OS/c1-6-3-4-8-7(5-6)12-10(15-8)13(2)9(11)14/h3-5H,1-2H3,(H2,11,14). The van der Waals surface area contributed by atoms with E-state index in [1.807, 2.05) is 25.1 Å². The number of hydrogen-bond acceptors (Lipinski definition) is 3. The number of aryl methyl sites for hydroxylation is 1. The number of anilines is 1. The van der Waals surface area contributed by atoms with Crippen molar-refractivity contribution in [3.05, 3.63) is 23.8 Å². The largest absolute Gasteiger partial charge is 0.351 e. The number of fused-ring (bicyclic) bond motifs is 1. The van der Waals surface area contributed by atoms with Gasteiger partial charge in [-0.05, 0) is 24.6 Å². The summed E-state index contributed by atoms with van der Waals surface area (Å²) >= 11 is 1.46. The van der Waals surface area contributed by atoms with Gasteiger partial charge in [-0.3, -0.25) is 4.90 Å². The molecule has 15 heavy (non-hydrogen) atoms. The molecule has 1 aromatic carbocycles. The maximum atomic E-state index is 11.0. The van der Waals surface area contributed by atoms with Crippen molar-refractivity contribution < 1.29 is 4.79 Å². The highest BCUT2D eigenvalue weighted by atomic mass is 32.1. The van der Waals surface area contributed by atoms with Crippen LogP contribution in [0.15, 0.2) is 18.2 Å². The van der Waals surface area contributed by atoms with Crippen molar-refractivity contribution in [2.45, 2.75) is 6.92 Å². The van der Waals surface area contributed by atoms with Gasteiger partial charge < -0.3 is 5.73 Å². The number of hydrogen-bond donors (Lipinski definition) is 1. The zero-order valence-electron chi connectivity index (χ0n) is 8.52. The van der Waals surface area contributed by atoms with Gasteiger partial charge in [0.1, 0.15) is 0 Å². The van der Waals surface area contributed by atoms with E-state index in [4.69, 9.17) is 5.73 Å². The van der Waals surface area contributed by atoms with Crippen LogP contribution in [0.4, 0.5) is 9.93 Å². The first-order chi connectivity index (χ1) is 7.08. The lowest BCUT2D eigenvalue weighted by molar-refractivity contribution is 0.255. The molecule has 0 atom stereocenters. The number of amides is 2. The number of urea groups is 1. The second-order valence-corrected chi connectivity index (χ2v) is 4.37. The number of nitrogens with zero attached hydrogens (tertiary/aromatic N) is 2. The normalized spacial score (nSPS) is 10.5. The Morgan fingerprint density at radius 2 is 2.27 bits per heavy atom. The number of benzene rings is 1. The minimum absolute atomic E-state index is 0.495. The van der Waals surface area contributed by atoms with Gasteiger partial charge in [0.05, 0.1) is 10.2 Å². The first kappa shape index (κ1) is 9.92. The highest BCUT2D eigenvalue weighted by molar-refractivity contribution is 7.22. The van der Waals surface area contributed by atoms with E-state index in [0.29, 0.717) is 5.13 Å². The van der Waals surface area contributed by atoms with Gasteiger partial charge in [-0.25, -0.2) is 9.78 Å². The van der Waals surface area contributed by atoms with E-state index in [1.165, 1.54) is 16.2 Å². The van der Waals surface area contributed by atoms with Gasteiger partial charge in [-0.15, -0.1) is 0 Å². The molecule has 0 spiro atoms. The van der Waals surface area contributed by atoms with Crippen LogP contribution in [-0.4, -0.2) is 18.1 Å². The van der Waals surface area contributed by atoms with E-state index in [1.54, 1.807) is 7.05 Å². The Labute approximate surface area is 91.3 Å². The summed E-state index contributed by atoms with van der Waals surface area (Å²) in [5.41, 5.74) is 7.23. The third-order valence-electron chi connectivity index (χ3n) is 2.15. The lowest BCUT2D eigenvalue weighted by Crippen LogP contribution is -2.31. The summed E-state index contributed by atoms with van der Waals surface area (Å²) in [5, 5.41) is 0.628. The van der Waals surface area contributed by atoms with Gasteiger partial charge in [0.2, 0.25) is 0 Å². The molecule has 0 aliphatic heterocycles. The fourth-order valence-corrected chi connectivity index (χ4v) is 2.18. The molecular weight excluding hydrogens is 210 g/mol. The molecule has 2 rings (SSSR count). The molecule has 0 fully saturated rings. The number of nitrogens with two attached hydrogens (primary N) is 1. The van der Waals surface area contributed by atoms with Crippen LogP contribution in [0.1, 0.15) is 5.56 Å². The summed E-state index contributed by atoms with van der Waals surface area (Å²) in [6.07, 6.45) is 0.